The highest BCUT2D eigenvalue weighted by molar-refractivity contribution is 7.91. The number of sulfonamides is 1. The van der Waals surface area contributed by atoms with Crippen molar-refractivity contribution in [3.63, 3.8) is 0 Å². The first kappa shape index (κ1) is 13.8. The lowest BCUT2D eigenvalue weighted by Gasteiger charge is -1.98. The molecule has 0 amide bonds. The molecule has 8 nitrogen and oxygen atoms in total. The fourth-order valence-electron chi connectivity index (χ4n) is 1.22. The molecule has 1 aromatic heterocycles. The van der Waals surface area contributed by atoms with Gasteiger partial charge < -0.3 is 0 Å². The van der Waals surface area contributed by atoms with Crippen LogP contribution in [0.25, 0.3) is 10.6 Å². The minimum Gasteiger partial charge on any atom is -0.258 e. The largest absolute Gasteiger partial charge is 0.270 e. The molecule has 0 bridgehead atoms. The Labute approximate surface area is 116 Å². The van der Waals surface area contributed by atoms with E-state index in [2.05, 4.69) is 10.2 Å². The molecule has 0 aliphatic carbocycles. The number of hydrogen-bond acceptors (Lipinski definition) is 7. The van der Waals surface area contributed by atoms with Crippen molar-refractivity contribution in [3.8, 4) is 10.6 Å². The number of aromatic nitrogens is 2. The van der Waals surface area contributed by atoms with E-state index in [1.54, 1.807) is 0 Å². The molecular formula is C8H5ClN4O4S2. The summed E-state index contributed by atoms with van der Waals surface area (Å²) in [6.07, 6.45) is 0. The van der Waals surface area contributed by atoms with Gasteiger partial charge >= 0.3 is 0 Å². The molecule has 0 aliphatic rings. The van der Waals surface area contributed by atoms with Crippen LogP contribution in [-0.4, -0.2) is 23.5 Å². The number of halogens is 1. The molecule has 100 valence electrons. The van der Waals surface area contributed by atoms with Gasteiger partial charge in [0.2, 0.25) is 4.34 Å². The Morgan fingerprint density at radius 1 is 1.37 bits per heavy atom. The first-order chi connectivity index (χ1) is 8.79. The van der Waals surface area contributed by atoms with Crippen LogP contribution in [0.1, 0.15) is 0 Å². The Balaban J connectivity index is 2.48. The zero-order valence-corrected chi connectivity index (χ0v) is 11.4. The first-order valence-corrected chi connectivity index (χ1v) is 7.34. The lowest BCUT2D eigenvalue weighted by atomic mass is 10.2. The number of primary sulfonamides is 1. The lowest BCUT2D eigenvalue weighted by Crippen LogP contribution is -2.11. The smallest absolute Gasteiger partial charge is 0.258 e. The second-order valence-corrected chi connectivity index (χ2v) is 6.46. The maximum Gasteiger partial charge on any atom is 0.270 e. The van der Waals surface area contributed by atoms with Crippen LogP contribution in [0.15, 0.2) is 22.5 Å². The van der Waals surface area contributed by atoms with Crippen LogP contribution in [0.4, 0.5) is 5.69 Å². The second kappa shape index (κ2) is 4.81. The molecule has 0 radical (unpaired) electrons. The molecule has 0 fully saturated rings. The average Bonchev–Trinajstić information content (AvgIpc) is 2.77. The van der Waals surface area contributed by atoms with Gasteiger partial charge in [-0.2, -0.15) is 0 Å². The van der Waals surface area contributed by atoms with Crippen LogP contribution in [-0.2, 0) is 10.0 Å². The Morgan fingerprint density at radius 2 is 2.05 bits per heavy atom. The number of nitro groups is 1. The Hall–Kier alpha value is -1.62. The number of hydrogen-bond donors (Lipinski definition) is 1. The fraction of sp³-hybridized carbons (Fsp3) is 0. The average molecular weight is 321 g/mol. The zero-order valence-electron chi connectivity index (χ0n) is 8.98. The highest BCUT2D eigenvalue weighted by Crippen LogP contribution is 2.33. The first-order valence-electron chi connectivity index (χ1n) is 4.59. The van der Waals surface area contributed by atoms with E-state index in [0.717, 1.165) is 17.4 Å². The predicted octanol–water partition coefficient (Wildman–Crippen LogP) is 1.41. The summed E-state index contributed by atoms with van der Waals surface area (Å²) in [4.78, 5) is 9.97. The van der Waals surface area contributed by atoms with Crippen molar-refractivity contribution in [1.29, 1.82) is 0 Å². The number of rotatable bonds is 3. The third-order valence-electron chi connectivity index (χ3n) is 2.04. The molecule has 1 heterocycles. The van der Waals surface area contributed by atoms with Crippen LogP contribution in [0.2, 0.25) is 5.02 Å². The topological polar surface area (TPSA) is 129 Å². The van der Waals surface area contributed by atoms with E-state index in [4.69, 9.17) is 16.7 Å². The van der Waals surface area contributed by atoms with Crippen LogP contribution in [0.3, 0.4) is 0 Å². The quantitative estimate of drug-likeness (QED) is 0.672. The summed E-state index contributed by atoms with van der Waals surface area (Å²) in [6.45, 7) is 0. The minimum absolute atomic E-state index is 0.0753. The summed E-state index contributed by atoms with van der Waals surface area (Å²) in [5, 5.41) is 22.8. The van der Waals surface area contributed by atoms with Crippen molar-refractivity contribution >= 4 is 38.6 Å². The summed E-state index contributed by atoms with van der Waals surface area (Å²) in [7, 11) is -3.93. The maximum atomic E-state index is 11.1. The van der Waals surface area contributed by atoms with Crippen molar-refractivity contribution in [2.24, 2.45) is 5.14 Å². The summed E-state index contributed by atoms with van der Waals surface area (Å²) < 4.78 is 21.8. The monoisotopic (exact) mass is 320 g/mol. The number of nitro benzene ring substituents is 1. The van der Waals surface area contributed by atoms with Gasteiger partial charge in [-0.25, -0.2) is 13.6 Å². The third-order valence-corrected chi connectivity index (χ3v) is 4.62. The molecule has 19 heavy (non-hydrogen) atoms. The van der Waals surface area contributed by atoms with Gasteiger partial charge in [-0.05, 0) is 6.07 Å². The van der Waals surface area contributed by atoms with Gasteiger partial charge in [0.1, 0.15) is 5.01 Å². The molecule has 0 unspecified atom stereocenters. The molecule has 0 aliphatic heterocycles. The zero-order chi connectivity index (χ0) is 14.2. The summed E-state index contributed by atoms with van der Waals surface area (Å²) in [5.41, 5.74) is 0.171. The van der Waals surface area contributed by atoms with E-state index in [1.807, 2.05) is 0 Å². The van der Waals surface area contributed by atoms with Crippen LogP contribution >= 0.6 is 22.9 Å². The lowest BCUT2D eigenvalue weighted by molar-refractivity contribution is -0.384. The fourth-order valence-corrected chi connectivity index (χ4v) is 3.02. The van der Waals surface area contributed by atoms with E-state index in [1.165, 1.54) is 12.1 Å². The van der Waals surface area contributed by atoms with E-state index in [0.29, 0.717) is 5.56 Å². The van der Waals surface area contributed by atoms with E-state index in [-0.39, 0.29) is 20.1 Å². The van der Waals surface area contributed by atoms with Gasteiger partial charge in [-0.15, -0.1) is 10.2 Å². The van der Waals surface area contributed by atoms with Gasteiger partial charge in [-0.3, -0.25) is 10.1 Å². The van der Waals surface area contributed by atoms with Crippen LogP contribution in [0.5, 0.6) is 0 Å². The molecule has 2 aromatic rings. The van der Waals surface area contributed by atoms with Crippen molar-refractivity contribution in [2.45, 2.75) is 4.34 Å². The highest BCUT2D eigenvalue weighted by atomic mass is 35.5. The second-order valence-electron chi connectivity index (χ2n) is 3.34. The van der Waals surface area contributed by atoms with Crippen LogP contribution in [0, 0.1) is 10.1 Å². The van der Waals surface area contributed by atoms with Crippen LogP contribution < -0.4 is 5.14 Å². The van der Waals surface area contributed by atoms with Crippen molar-refractivity contribution in [3.05, 3.63) is 33.3 Å². The van der Waals surface area contributed by atoms with Crippen molar-refractivity contribution in [2.75, 3.05) is 0 Å². The van der Waals surface area contributed by atoms with E-state index >= 15 is 0 Å². The molecule has 0 atom stereocenters. The van der Waals surface area contributed by atoms with Gasteiger partial charge in [0.05, 0.1) is 9.95 Å². The van der Waals surface area contributed by atoms with Gasteiger partial charge in [-0.1, -0.05) is 22.9 Å². The number of nitrogens with zero attached hydrogens (tertiary/aromatic N) is 3. The molecule has 11 heteroatoms. The molecule has 0 saturated heterocycles. The van der Waals surface area contributed by atoms with Gasteiger partial charge in [0.25, 0.3) is 15.7 Å². The summed E-state index contributed by atoms with van der Waals surface area (Å²) >= 11 is 6.62. The minimum atomic E-state index is -3.93. The van der Waals surface area contributed by atoms with Gasteiger partial charge in [0, 0.05) is 17.7 Å². The summed E-state index contributed by atoms with van der Waals surface area (Å²) in [6, 6.07) is 3.75. The molecule has 0 spiro atoms. The van der Waals surface area contributed by atoms with E-state index < -0.39 is 14.9 Å². The number of non-ortho nitro benzene ring substituents is 1. The Bertz CT molecular complexity index is 758. The third kappa shape index (κ3) is 2.87. The standard InChI is InChI=1S/C8H5ClN4O4S2/c9-6-3-4(13(14)15)1-2-5(6)7-11-12-8(18-7)19(10,16)17/h1-3H,(H2,10,16,17). The molecule has 0 saturated carbocycles. The van der Waals surface area contributed by atoms with Crippen molar-refractivity contribution < 1.29 is 13.3 Å². The van der Waals surface area contributed by atoms with Crippen molar-refractivity contribution in [1.82, 2.24) is 10.2 Å². The normalized spacial score (nSPS) is 11.5. The molecule has 1 aromatic carbocycles. The molecular weight excluding hydrogens is 316 g/mol. The molecule has 2 rings (SSSR count). The highest BCUT2D eigenvalue weighted by Gasteiger charge is 2.18. The molecule has 2 N–H and O–H groups in total. The Morgan fingerprint density at radius 3 is 2.53 bits per heavy atom. The summed E-state index contributed by atoms with van der Waals surface area (Å²) in [5.74, 6) is 0. The van der Waals surface area contributed by atoms with E-state index in [9.17, 15) is 18.5 Å². The Kier molecular flexibility index (Phi) is 3.49. The number of benzene rings is 1. The number of nitrogens with two attached hydrogens (primary N) is 1. The predicted molar refractivity (Wildman–Crippen MR) is 68.4 cm³/mol. The maximum absolute atomic E-state index is 11.1. The SMILES string of the molecule is NS(=O)(=O)c1nnc(-c2ccc([N+](=O)[O-])cc2Cl)s1. The van der Waals surface area contributed by atoms with Gasteiger partial charge in [0.15, 0.2) is 0 Å².